The summed E-state index contributed by atoms with van der Waals surface area (Å²) >= 11 is 1.54. The second-order valence-electron chi connectivity index (χ2n) is 7.70. The molecule has 0 saturated carbocycles. The van der Waals surface area contributed by atoms with Crippen LogP contribution in [0.5, 0.6) is 0 Å². The van der Waals surface area contributed by atoms with Crippen molar-refractivity contribution in [3.05, 3.63) is 46.2 Å². The van der Waals surface area contributed by atoms with E-state index >= 15 is 0 Å². The Kier molecular flexibility index (Phi) is 4.36. The lowest BCUT2D eigenvalue weighted by Gasteiger charge is -2.44. The van der Waals surface area contributed by atoms with Crippen molar-refractivity contribution >= 4 is 34.5 Å². The highest BCUT2D eigenvalue weighted by molar-refractivity contribution is 7.14. The quantitative estimate of drug-likeness (QED) is 0.812. The zero-order valence-electron chi connectivity index (χ0n) is 15.6. The van der Waals surface area contributed by atoms with Gasteiger partial charge in [0, 0.05) is 24.6 Å². The number of nitrogens with zero attached hydrogens (tertiary/aromatic N) is 1. The number of hydrogen-bond acceptors (Lipinski definition) is 5. The summed E-state index contributed by atoms with van der Waals surface area (Å²) in [6, 6.07) is 11.7. The highest BCUT2D eigenvalue weighted by atomic mass is 32.1. The summed E-state index contributed by atoms with van der Waals surface area (Å²) in [5, 5.41) is 6.45. The van der Waals surface area contributed by atoms with Gasteiger partial charge in [0.05, 0.1) is 22.4 Å². The van der Waals surface area contributed by atoms with Crippen LogP contribution in [0.25, 0.3) is 0 Å². The van der Waals surface area contributed by atoms with E-state index in [2.05, 4.69) is 10.6 Å². The molecule has 0 aliphatic carbocycles. The summed E-state index contributed by atoms with van der Waals surface area (Å²) in [5.74, 6) is 0.0517. The summed E-state index contributed by atoms with van der Waals surface area (Å²) in [5.41, 5.74) is 1.13. The lowest BCUT2D eigenvalue weighted by Crippen LogP contribution is -2.59. The van der Waals surface area contributed by atoms with Crippen molar-refractivity contribution in [3.63, 3.8) is 0 Å². The predicted molar refractivity (Wildman–Crippen MR) is 109 cm³/mol. The first-order chi connectivity index (χ1) is 13.6. The van der Waals surface area contributed by atoms with Gasteiger partial charge < -0.3 is 20.3 Å². The number of rotatable bonds is 2. The molecule has 0 bridgehead atoms. The Bertz CT molecular complexity index is 911. The Morgan fingerprint density at radius 2 is 1.93 bits per heavy atom. The molecule has 28 heavy (non-hydrogen) atoms. The van der Waals surface area contributed by atoms with E-state index in [4.69, 9.17) is 4.74 Å². The number of para-hydroxylation sites is 2. The first-order valence-electron chi connectivity index (χ1n) is 9.84. The minimum Gasteiger partial charge on any atom is -0.373 e. The molecule has 6 nitrogen and oxygen atoms in total. The topological polar surface area (TPSA) is 70.7 Å². The summed E-state index contributed by atoms with van der Waals surface area (Å²) in [6.07, 6.45) is 3.46. The van der Waals surface area contributed by atoms with Crippen molar-refractivity contribution in [2.24, 2.45) is 0 Å². The molecule has 3 aliphatic rings. The second-order valence-corrected chi connectivity index (χ2v) is 8.82. The molecule has 1 aromatic carbocycles. The first kappa shape index (κ1) is 17.7. The molecular formula is C21H23N3O3S. The Balaban J connectivity index is 1.27. The van der Waals surface area contributed by atoms with E-state index in [9.17, 15) is 9.59 Å². The van der Waals surface area contributed by atoms with Gasteiger partial charge in [-0.1, -0.05) is 12.1 Å². The molecule has 0 radical (unpaired) electrons. The Hall–Kier alpha value is -2.38. The van der Waals surface area contributed by atoms with Crippen molar-refractivity contribution in [2.45, 2.75) is 37.3 Å². The number of benzene rings is 1. The van der Waals surface area contributed by atoms with Gasteiger partial charge in [0.15, 0.2) is 0 Å². The molecule has 7 heteroatoms. The predicted octanol–water partition coefficient (Wildman–Crippen LogP) is 3.64. The van der Waals surface area contributed by atoms with E-state index in [0.717, 1.165) is 40.6 Å². The van der Waals surface area contributed by atoms with Crippen LogP contribution in [0.4, 0.5) is 11.4 Å². The van der Waals surface area contributed by atoms with Crippen LogP contribution in [0.2, 0.25) is 0 Å². The van der Waals surface area contributed by atoms with Crippen LogP contribution in [0.15, 0.2) is 36.4 Å². The van der Waals surface area contributed by atoms with E-state index in [1.807, 2.05) is 41.3 Å². The third kappa shape index (κ3) is 2.99. The first-order valence-corrected chi connectivity index (χ1v) is 10.7. The zero-order chi connectivity index (χ0) is 19.1. The molecular weight excluding hydrogens is 374 g/mol. The maximum Gasteiger partial charge on any atom is 0.263 e. The van der Waals surface area contributed by atoms with Gasteiger partial charge in [-0.25, -0.2) is 0 Å². The van der Waals surface area contributed by atoms with Gasteiger partial charge in [-0.15, -0.1) is 11.3 Å². The monoisotopic (exact) mass is 397 g/mol. The number of nitrogens with one attached hydrogen (secondary N) is 2. The minimum absolute atomic E-state index is 0.00455. The lowest BCUT2D eigenvalue weighted by molar-refractivity contribution is -0.122. The summed E-state index contributed by atoms with van der Waals surface area (Å²) in [6.45, 7) is 1.93. The van der Waals surface area contributed by atoms with Gasteiger partial charge in [-0.2, -0.15) is 0 Å². The lowest BCUT2D eigenvalue weighted by atomic mass is 9.84. The van der Waals surface area contributed by atoms with Crippen LogP contribution in [0.3, 0.4) is 0 Å². The van der Waals surface area contributed by atoms with Crippen LogP contribution in [-0.2, 0) is 9.53 Å². The number of carbonyl (C=O) groups excluding carboxylic acids is 2. The third-order valence-corrected chi connectivity index (χ3v) is 7.14. The van der Waals surface area contributed by atoms with E-state index in [1.165, 1.54) is 11.3 Å². The molecule has 2 saturated heterocycles. The SMILES string of the molecule is O=C(c1ccc(C2CCCO2)s1)N1CCC2(CC1)Nc1ccccc1NC2=O. The number of ether oxygens (including phenoxy) is 1. The van der Waals surface area contributed by atoms with Crippen molar-refractivity contribution in [1.82, 2.24) is 4.90 Å². The molecule has 146 valence electrons. The van der Waals surface area contributed by atoms with Gasteiger partial charge in [-0.3, -0.25) is 9.59 Å². The molecule has 5 rings (SSSR count). The van der Waals surface area contributed by atoms with Gasteiger partial charge in [-0.05, 0) is 49.9 Å². The summed E-state index contributed by atoms with van der Waals surface area (Å²) in [4.78, 5) is 29.5. The van der Waals surface area contributed by atoms with E-state index in [0.29, 0.717) is 25.9 Å². The smallest absolute Gasteiger partial charge is 0.263 e. The molecule has 4 heterocycles. The van der Waals surface area contributed by atoms with Gasteiger partial charge in [0.25, 0.3) is 5.91 Å². The van der Waals surface area contributed by atoms with Crippen LogP contribution in [0, 0.1) is 0 Å². The average molecular weight is 398 g/mol. The van der Waals surface area contributed by atoms with Crippen LogP contribution < -0.4 is 10.6 Å². The highest BCUT2D eigenvalue weighted by Gasteiger charge is 2.45. The Morgan fingerprint density at radius 3 is 2.68 bits per heavy atom. The van der Waals surface area contributed by atoms with Crippen molar-refractivity contribution < 1.29 is 14.3 Å². The van der Waals surface area contributed by atoms with Crippen molar-refractivity contribution in [3.8, 4) is 0 Å². The number of piperidine rings is 1. The van der Waals surface area contributed by atoms with Crippen LogP contribution >= 0.6 is 11.3 Å². The van der Waals surface area contributed by atoms with Gasteiger partial charge in [0.2, 0.25) is 5.91 Å². The highest BCUT2D eigenvalue weighted by Crippen LogP contribution is 2.37. The number of amides is 2. The Labute approximate surface area is 167 Å². The minimum atomic E-state index is -0.635. The fraction of sp³-hybridized carbons (Fsp3) is 0.429. The summed E-state index contributed by atoms with van der Waals surface area (Å²) in [7, 11) is 0. The normalized spacial score (nSPS) is 23.2. The van der Waals surface area contributed by atoms with E-state index < -0.39 is 5.54 Å². The molecule has 2 N–H and O–H groups in total. The second kappa shape index (κ2) is 6.90. The van der Waals surface area contributed by atoms with Gasteiger partial charge >= 0.3 is 0 Å². The molecule has 1 spiro atoms. The molecule has 3 aliphatic heterocycles. The number of hydrogen-bond donors (Lipinski definition) is 2. The fourth-order valence-electron chi connectivity index (χ4n) is 4.30. The fourth-order valence-corrected chi connectivity index (χ4v) is 5.36. The maximum atomic E-state index is 13.0. The molecule has 1 aromatic heterocycles. The zero-order valence-corrected chi connectivity index (χ0v) is 16.4. The van der Waals surface area contributed by atoms with Crippen LogP contribution in [0.1, 0.15) is 46.3 Å². The van der Waals surface area contributed by atoms with E-state index in [1.54, 1.807) is 0 Å². The van der Waals surface area contributed by atoms with Crippen molar-refractivity contribution in [1.29, 1.82) is 0 Å². The number of carbonyl (C=O) groups is 2. The molecule has 1 atom stereocenters. The summed E-state index contributed by atoms with van der Waals surface area (Å²) < 4.78 is 5.73. The van der Waals surface area contributed by atoms with Gasteiger partial charge in [0.1, 0.15) is 5.54 Å². The number of fused-ring (bicyclic) bond motifs is 1. The van der Waals surface area contributed by atoms with E-state index in [-0.39, 0.29) is 17.9 Å². The average Bonchev–Trinajstić information content (AvgIpc) is 3.41. The van der Waals surface area contributed by atoms with Crippen LogP contribution in [-0.4, -0.2) is 41.9 Å². The Morgan fingerprint density at radius 1 is 1.14 bits per heavy atom. The molecule has 2 aromatic rings. The molecule has 2 amide bonds. The standard InChI is InChI=1S/C21H23N3O3S/c25-19(18-8-7-17(28-18)16-6-3-13-27-16)24-11-9-21(10-12-24)20(26)22-14-4-1-2-5-15(14)23-21/h1-2,4-5,7-8,16,23H,3,6,9-13H2,(H,22,26). The largest absolute Gasteiger partial charge is 0.373 e. The number of likely N-dealkylation sites (tertiary alicyclic amines) is 1. The number of thiophene rings is 1. The molecule has 1 unspecified atom stereocenters. The molecule has 2 fully saturated rings. The maximum absolute atomic E-state index is 13.0. The third-order valence-electron chi connectivity index (χ3n) is 5.97. The van der Waals surface area contributed by atoms with Crippen molar-refractivity contribution in [2.75, 3.05) is 30.3 Å². The number of anilines is 2.